The molecule has 0 atom stereocenters. The van der Waals surface area contributed by atoms with E-state index in [0.717, 1.165) is 0 Å². The minimum Gasteiger partial charge on any atom is -0.495 e. The lowest BCUT2D eigenvalue weighted by Gasteiger charge is -2.13. The highest BCUT2D eigenvalue weighted by atomic mass is 16.5. The Morgan fingerprint density at radius 1 is 1.07 bits per heavy atom. The van der Waals surface area contributed by atoms with Gasteiger partial charge in [0.25, 0.3) is 0 Å². The fourth-order valence-corrected chi connectivity index (χ4v) is 1.29. The maximum Gasteiger partial charge on any atom is 0.492 e. The molecule has 0 amide bonds. The number of ether oxygens (including phenoxy) is 1. The summed E-state index contributed by atoms with van der Waals surface area (Å²) in [5.74, 6) is 0.102. The zero-order chi connectivity index (χ0) is 11.4. The van der Waals surface area contributed by atoms with E-state index in [-0.39, 0.29) is 16.7 Å². The highest BCUT2D eigenvalue weighted by molar-refractivity contribution is 6.64. The number of benzene rings is 1. The zero-order valence-electron chi connectivity index (χ0n) is 8.29. The van der Waals surface area contributed by atoms with E-state index in [4.69, 9.17) is 24.8 Å². The SMILES string of the molecule is CCOc1c(B(O)O)cccc1B(O)O. The van der Waals surface area contributed by atoms with Crippen LogP contribution in [0, 0.1) is 0 Å². The Morgan fingerprint density at radius 3 is 1.87 bits per heavy atom. The molecule has 0 aliphatic rings. The van der Waals surface area contributed by atoms with E-state index in [1.54, 1.807) is 6.92 Å². The van der Waals surface area contributed by atoms with Crippen LogP contribution in [-0.4, -0.2) is 40.9 Å². The van der Waals surface area contributed by atoms with Crippen molar-refractivity contribution in [3.63, 3.8) is 0 Å². The lowest BCUT2D eigenvalue weighted by Crippen LogP contribution is -2.40. The van der Waals surface area contributed by atoms with Gasteiger partial charge >= 0.3 is 14.2 Å². The van der Waals surface area contributed by atoms with Crippen LogP contribution in [0.1, 0.15) is 6.92 Å². The summed E-state index contributed by atoms with van der Waals surface area (Å²) in [4.78, 5) is 0. The zero-order valence-corrected chi connectivity index (χ0v) is 8.29. The average molecular weight is 210 g/mol. The quantitative estimate of drug-likeness (QED) is 0.410. The molecule has 5 nitrogen and oxygen atoms in total. The minimum atomic E-state index is -1.70. The number of para-hydroxylation sites is 1. The third-order valence-corrected chi connectivity index (χ3v) is 1.92. The van der Waals surface area contributed by atoms with Crippen LogP contribution in [0.4, 0.5) is 0 Å². The maximum atomic E-state index is 9.05. The highest BCUT2D eigenvalue weighted by Crippen LogP contribution is 2.05. The Labute approximate surface area is 88.2 Å². The molecule has 1 rings (SSSR count). The Balaban J connectivity index is 3.21. The van der Waals surface area contributed by atoms with Gasteiger partial charge in [0.1, 0.15) is 5.75 Å². The monoisotopic (exact) mass is 210 g/mol. The fraction of sp³-hybridized carbons (Fsp3) is 0.250. The molecule has 0 saturated heterocycles. The smallest absolute Gasteiger partial charge is 0.492 e. The van der Waals surface area contributed by atoms with Gasteiger partial charge in [-0.1, -0.05) is 18.2 Å². The Hall–Kier alpha value is -1.01. The predicted octanol–water partition coefficient (Wildman–Crippen LogP) is -2.56. The van der Waals surface area contributed by atoms with Crippen LogP contribution in [-0.2, 0) is 0 Å². The molecule has 0 aliphatic heterocycles. The van der Waals surface area contributed by atoms with E-state index in [9.17, 15) is 0 Å². The first-order chi connectivity index (χ1) is 7.07. The third kappa shape index (κ3) is 2.73. The molecule has 0 aromatic heterocycles. The largest absolute Gasteiger partial charge is 0.495 e. The summed E-state index contributed by atoms with van der Waals surface area (Å²) in [6.45, 7) is 2.01. The molecule has 0 fully saturated rings. The Bertz CT molecular complexity index is 303. The first kappa shape index (κ1) is 12.1. The van der Waals surface area contributed by atoms with Crippen LogP contribution in [0.2, 0.25) is 0 Å². The molecular formula is C8H12B2O5. The van der Waals surface area contributed by atoms with Crippen molar-refractivity contribution in [2.75, 3.05) is 6.61 Å². The van der Waals surface area contributed by atoms with E-state index in [1.807, 2.05) is 0 Å². The molecule has 0 spiro atoms. The van der Waals surface area contributed by atoms with Gasteiger partial charge in [0.05, 0.1) is 6.61 Å². The summed E-state index contributed by atoms with van der Waals surface area (Å²) in [6.07, 6.45) is 0. The minimum absolute atomic E-state index is 0.102. The van der Waals surface area contributed by atoms with Gasteiger partial charge in [-0.25, -0.2) is 0 Å². The van der Waals surface area contributed by atoms with Crippen LogP contribution in [0.3, 0.4) is 0 Å². The lowest BCUT2D eigenvalue weighted by molar-refractivity contribution is 0.339. The molecule has 0 heterocycles. The van der Waals surface area contributed by atoms with E-state index >= 15 is 0 Å². The molecule has 0 aliphatic carbocycles. The summed E-state index contributed by atoms with van der Waals surface area (Å²) in [6, 6.07) is 4.38. The van der Waals surface area contributed by atoms with Gasteiger partial charge in [-0.3, -0.25) is 0 Å². The Kier molecular flexibility index (Phi) is 4.16. The molecule has 1 aromatic carbocycles. The number of rotatable bonds is 4. The van der Waals surface area contributed by atoms with Crippen LogP contribution in [0.25, 0.3) is 0 Å². The second-order valence-corrected chi connectivity index (χ2v) is 2.95. The molecule has 4 N–H and O–H groups in total. The van der Waals surface area contributed by atoms with Gasteiger partial charge < -0.3 is 24.8 Å². The average Bonchev–Trinajstić information content (AvgIpc) is 2.17. The first-order valence-corrected chi connectivity index (χ1v) is 4.55. The normalized spacial score (nSPS) is 9.93. The van der Waals surface area contributed by atoms with Crippen LogP contribution in [0.5, 0.6) is 5.75 Å². The van der Waals surface area contributed by atoms with E-state index in [2.05, 4.69) is 0 Å². The second-order valence-electron chi connectivity index (χ2n) is 2.95. The molecule has 0 saturated carbocycles. The van der Waals surface area contributed by atoms with Crippen LogP contribution < -0.4 is 15.7 Å². The van der Waals surface area contributed by atoms with E-state index in [1.165, 1.54) is 18.2 Å². The highest BCUT2D eigenvalue weighted by Gasteiger charge is 2.24. The van der Waals surface area contributed by atoms with Gasteiger partial charge in [0.15, 0.2) is 0 Å². The molecule has 0 radical (unpaired) electrons. The lowest BCUT2D eigenvalue weighted by atomic mass is 9.71. The summed E-state index contributed by atoms with van der Waals surface area (Å²) in [5.41, 5.74) is 0.227. The second kappa shape index (κ2) is 5.18. The van der Waals surface area contributed by atoms with Gasteiger partial charge in [0.2, 0.25) is 0 Å². The van der Waals surface area contributed by atoms with Gasteiger partial charge in [0, 0.05) is 10.9 Å². The molecule has 80 valence electrons. The fourth-order valence-electron chi connectivity index (χ4n) is 1.29. The van der Waals surface area contributed by atoms with Crippen molar-refractivity contribution in [3.05, 3.63) is 18.2 Å². The van der Waals surface area contributed by atoms with Gasteiger partial charge in [-0.15, -0.1) is 0 Å². The van der Waals surface area contributed by atoms with Crippen molar-refractivity contribution < 1.29 is 24.8 Å². The topological polar surface area (TPSA) is 90.2 Å². The molecular weight excluding hydrogens is 198 g/mol. The van der Waals surface area contributed by atoms with E-state index < -0.39 is 14.2 Å². The van der Waals surface area contributed by atoms with Crippen molar-refractivity contribution in [3.8, 4) is 5.75 Å². The summed E-state index contributed by atoms with van der Waals surface area (Å²) >= 11 is 0. The third-order valence-electron chi connectivity index (χ3n) is 1.92. The standard InChI is InChI=1S/C8H12B2O5/c1-2-15-8-6(9(11)12)4-3-5-7(8)10(13)14/h3-5,11-14H,2H2,1H3. The Morgan fingerprint density at radius 2 is 1.53 bits per heavy atom. The van der Waals surface area contributed by atoms with Crippen molar-refractivity contribution in [1.29, 1.82) is 0 Å². The van der Waals surface area contributed by atoms with Gasteiger partial charge in [-0.2, -0.15) is 0 Å². The van der Waals surface area contributed by atoms with Crippen LogP contribution >= 0.6 is 0 Å². The molecule has 1 aromatic rings. The predicted molar refractivity (Wildman–Crippen MR) is 57.3 cm³/mol. The summed E-state index contributed by atoms with van der Waals surface area (Å²) < 4.78 is 5.15. The molecule has 7 heteroatoms. The molecule has 0 bridgehead atoms. The van der Waals surface area contributed by atoms with Crippen molar-refractivity contribution >= 4 is 25.2 Å². The maximum absolute atomic E-state index is 9.05. The summed E-state index contributed by atoms with van der Waals surface area (Å²) in [7, 11) is -3.41. The van der Waals surface area contributed by atoms with Crippen molar-refractivity contribution in [2.24, 2.45) is 0 Å². The van der Waals surface area contributed by atoms with Gasteiger partial charge in [-0.05, 0) is 6.92 Å². The van der Waals surface area contributed by atoms with Crippen LogP contribution in [0.15, 0.2) is 18.2 Å². The van der Waals surface area contributed by atoms with E-state index in [0.29, 0.717) is 6.61 Å². The molecule has 15 heavy (non-hydrogen) atoms. The van der Waals surface area contributed by atoms with Crippen molar-refractivity contribution in [1.82, 2.24) is 0 Å². The number of hydrogen-bond donors (Lipinski definition) is 4. The van der Waals surface area contributed by atoms with Crippen molar-refractivity contribution in [2.45, 2.75) is 6.92 Å². The first-order valence-electron chi connectivity index (χ1n) is 4.55. The molecule has 0 unspecified atom stereocenters. The number of hydrogen-bond acceptors (Lipinski definition) is 5. The summed E-state index contributed by atoms with van der Waals surface area (Å²) in [5, 5.41) is 36.2.